The molecule has 9 nitrogen and oxygen atoms in total. The van der Waals surface area contributed by atoms with Gasteiger partial charge in [0.25, 0.3) is 0 Å². The summed E-state index contributed by atoms with van der Waals surface area (Å²) in [5.74, 6) is -0.0722. The maximum Gasteiger partial charge on any atom is 0.439 e. The molecule has 10 heteroatoms. The highest BCUT2D eigenvalue weighted by molar-refractivity contribution is 7.71. The van der Waals surface area contributed by atoms with Crippen LogP contribution < -0.4 is 14.2 Å². The lowest BCUT2D eigenvalue weighted by Crippen LogP contribution is -2.12. The number of carbonyl (C=O) groups excluding carboxylic acids is 3. The van der Waals surface area contributed by atoms with Crippen LogP contribution in [-0.2, 0) is 36.4 Å². The Labute approximate surface area is 202 Å². The number of para-hydroxylation sites is 1. The molecule has 3 rings (SSSR count). The highest BCUT2D eigenvalue weighted by Crippen LogP contribution is 2.51. The average molecular weight is 498 g/mol. The standard InChI is InChI=1S/C25H23O9P/c1-18(26)32-23-12-8-20(9-13-23)16-30-35(29,25(28)34-22-6-4-3-5-7-22)31-17-21-10-14-24(15-11-21)33-19(2)27/h3-15H,16-17H2,1-2H3. The first-order valence-corrected chi connectivity index (χ1v) is 12.0. The molecule has 0 aromatic heterocycles. The van der Waals surface area contributed by atoms with Crippen molar-refractivity contribution in [2.45, 2.75) is 27.1 Å². The third-order valence-corrected chi connectivity index (χ3v) is 5.82. The second-order valence-electron chi connectivity index (χ2n) is 7.20. The van der Waals surface area contributed by atoms with Gasteiger partial charge < -0.3 is 14.2 Å². The average Bonchev–Trinajstić information content (AvgIpc) is 2.83. The molecule has 0 heterocycles. The summed E-state index contributed by atoms with van der Waals surface area (Å²) < 4.78 is 39.5. The fraction of sp³-hybridized carbons (Fsp3) is 0.160. The van der Waals surface area contributed by atoms with Gasteiger partial charge in [-0.3, -0.25) is 18.6 Å². The number of hydrogen-bond acceptors (Lipinski definition) is 9. The van der Waals surface area contributed by atoms with Crippen LogP contribution in [0.1, 0.15) is 25.0 Å². The van der Waals surface area contributed by atoms with Gasteiger partial charge in [-0.25, -0.2) is 9.36 Å². The van der Waals surface area contributed by atoms with Crippen LogP contribution in [0.2, 0.25) is 0 Å². The first-order chi connectivity index (χ1) is 16.7. The number of benzene rings is 3. The quantitative estimate of drug-likeness (QED) is 0.198. The van der Waals surface area contributed by atoms with Crippen LogP contribution in [0.25, 0.3) is 0 Å². The van der Waals surface area contributed by atoms with Crippen LogP contribution in [0.3, 0.4) is 0 Å². The Kier molecular flexibility index (Phi) is 8.92. The summed E-state index contributed by atoms with van der Waals surface area (Å²) in [6.45, 7) is 2.11. The highest BCUT2D eigenvalue weighted by Gasteiger charge is 2.38. The van der Waals surface area contributed by atoms with Gasteiger partial charge in [0.2, 0.25) is 0 Å². The minimum absolute atomic E-state index is 0.182. The van der Waals surface area contributed by atoms with Crippen LogP contribution in [0.5, 0.6) is 17.2 Å². The summed E-state index contributed by atoms with van der Waals surface area (Å²) in [6.07, 6.45) is 0. The number of esters is 2. The van der Waals surface area contributed by atoms with Gasteiger partial charge >= 0.3 is 25.2 Å². The van der Waals surface area contributed by atoms with Gasteiger partial charge in [-0.15, -0.1) is 0 Å². The molecule has 0 fully saturated rings. The van der Waals surface area contributed by atoms with Crippen molar-refractivity contribution in [2.75, 3.05) is 0 Å². The predicted molar refractivity (Wildman–Crippen MR) is 125 cm³/mol. The van der Waals surface area contributed by atoms with Crippen molar-refractivity contribution in [2.24, 2.45) is 0 Å². The predicted octanol–water partition coefficient (Wildman–Crippen LogP) is 5.66. The van der Waals surface area contributed by atoms with Crippen molar-refractivity contribution in [1.82, 2.24) is 0 Å². The molecule has 0 atom stereocenters. The molecule has 0 saturated carbocycles. The molecule has 0 radical (unpaired) electrons. The van der Waals surface area contributed by atoms with E-state index in [9.17, 15) is 18.9 Å². The molecule has 182 valence electrons. The minimum atomic E-state index is -4.41. The lowest BCUT2D eigenvalue weighted by atomic mass is 10.2. The smallest absolute Gasteiger partial charge is 0.427 e. The largest absolute Gasteiger partial charge is 0.439 e. The zero-order chi connectivity index (χ0) is 25.3. The minimum Gasteiger partial charge on any atom is -0.427 e. The van der Waals surface area contributed by atoms with E-state index in [0.29, 0.717) is 22.6 Å². The van der Waals surface area contributed by atoms with Gasteiger partial charge in [-0.1, -0.05) is 42.5 Å². The maximum atomic E-state index is 13.4. The van der Waals surface area contributed by atoms with Gasteiger partial charge in [0.15, 0.2) is 0 Å². The zero-order valence-electron chi connectivity index (χ0n) is 19.0. The van der Waals surface area contributed by atoms with Crippen LogP contribution in [-0.4, -0.2) is 17.6 Å². The molecule has 0 amide bonds. The Bertz CT molecular complexity index is 1140. The number of ether oxygens (including phenoxy) is 3. The van der Waals surface area contributed by atoms with Gasteiger partial charge in [0.1, 0.15) is 17.2 Å². The van der Waals surface area contributed by atoms with E-state index in [0.717, 1.165) is 0 Å². The van der Waals surface area contributed by atoms with Crippen molar-refractivity contribution in [1.29, 1.82) is 0 Å². The van der Waals surface area contributed by atoms with Crippen LogP contribution in [0.15, 0.2) is 78.9 Å². The number of rotatable bonds is 10. The summed E-state index contributed by atoms with van der Waals surface area (Å²) in [5.41, 5.74) is -0.0530. The molecule has 0 aliphatic rings. The highest BCUT2D eigenvalue weighted by atomic mass is 31.2. The van der Waals surface area contributed by atoms with E-state index < -0.39 is 25.2 Å². The zero-order valence-corrected chi connectivity index (χ0v) is 19.9. The normalized spacial score (nSPS) is 10.9. The third kappa shape index (κ3) is 8.19. The van der Waals surface area contributed by atoms with E-state index >= 15 is 0 Å². The Hall–Kier alpha value is -3.78. The fourth-order valence-electron chi connectivity index (χ4n) is 2.75. The van der Waals surface area contributed by atoms with Gasteiger partial charge in [0, 0.05) is 13.8 Å². The van der Waals surface area contributed by atoms with Crippen molar-refractivity contribution in [3.8, 4) is 17.2 Å². The molecule has 0 spiro atoms. The molecule has 0 N–H and O–H groups in total. The van der Waals surface area contributed by atoms with Crippen LogP contribution >= 0.6 is 7.60 Å². The Morgan fingerprint density at radius 2 is 1.00 bits per heavy atom. The molecule has 35 heavy (non-hydrogen) atoms. The Morgan fingerprint density at radius 3 is 1.40 bits per heavy atom. The van der Waals surface area contributed by atoms with E-state index in [-0.39, 0.29) is 19.0 Å². The fourth-order valence-corrected chi connectivity index (χ4v) is 3.89. The molecule has 0 aliphatic heterocycles. The molecule has 3 aromatic rings. The summed E-state index contributed by atoms with van der Waals surface area (Å²) >= 11 is 0. The van der Waals surface area contributed by atoms with E-state index in [1.54, 1.807) is 66.7 Å². The second kappa shape index (κ2) is 12.1. The first-order valence-electron chi connectivity index (χ1n) is 10.4. The Morgan fingerprint density at radius 1 is 0.600 bits per heavy atom. The lowest BCUT2D eigenvalue weighted by molar-refractivity contribution is -0.132. The van der Waals surface area contributed by atoms with E-state index in [1.807, 2.05) is 0 Å². The summed E-state index contributed by atoms with van der Waals surface area (Å²) in [6, 6.07) is 20.7. The topological polar surface area (TPSA) is 114 Å². The summed E-state index contributed by atoms with van der Waals surface area (Å²) in [5, 5.41) is 0. The molecule has 0 bridgehead atoms. The molecule has 3 aromatic carbocycles. The molecule has 0 saturated heterocycles. The van der Waals surface area contributed by atoms with Crippen LogP contribution in [0.4, 0.5) is 4.79 Å². The molecular weight excluding hydrogens is 475 g/mol. The van der Waals surface area contributed by atoms with Crippen molar-refractivity contribution < 1.29 is 42.2 Å². The van der Waals surface area contributed by atoms with Crippen LogP contribution in [0, 0.1) is 0 Å². The van der Waals surface area contributed by atoms with Crippen molar-refractivity contribution in [3.05, 3.63) is 90.0 Å². The third-order valence-electron chi connectivity index (χ3n) is 4.34. The summed E-state index contributed by atoms with van der Waals surface area (Å²) in [4.78, 5) is 34.9. The second-order valence-corrected chi connectivity index (χ2v) is 9.08. The molecule has 0 unspecified atom stereocenters. The van der Waals surface area contributed by atoms with Gasteiger partial charge in [-0.2, -0.15) is 0 Å². The van der Waals surface area contributed by atoms with E-state index in [1.165, 1.54) is 26.0 Å². The monoisotopic (exact) mass is 498 g/mol. The first kappa shape index (κ1) is 25.8. The Balaban J connectivity index is 1.72. The number of carbonyl (C=O) groups is 3. The lowest BCUT2D eigenvalue weighted by Gasteiger charge is -2.17. The SMILES string of the molecule is CC(=O)Oc1ccc(COP(=O)(OCc2ccc(OC(C)=O)cc2)C(=O)Oc2ccccc2)cc1. The maximum absolute atomic E-state index is 13.4. The number of hydrogen-bond donors (Lipinski definition) is 0. The van der Waals surface area contributed by atoms with Gasteiger partial charge in [-0.05, 0) is 47.5 Å². The van der Waals surface area contributed by atoms with E-state index in [2.05, 4.69) is 0 Å². The van der Waals surface area contributed by atoms with Crippen molar-refractivity contribution in [3.63, 3.8) is 0 Å². The van der Waals surface area contributed by atoms with Crippen molar-refractivity contribution >= 4 is 25.2 Å². The van der Waals surface area contributed by atoms with Gasteiger partial charge in [0.05, 0.1) is 13.2 Å². The van der Waals surface area contributed by atoms with E-state index in [4.69, 9.17) is 23.3 Å². The summed E-state index contributed by atoms with van der Waals surface area (Å²) in [7, 11) is -4.41. The molecule has 0 aliphatic carbocycles. The molecular formula is C25H23O9P.